The van der Waals surface area contributed by atoms with Gasteiger partial charge in [0.05, 0.1) is 23.9 Å². The Balaban J connectivity index is 1.81. The van der Waals surface area contributed by atoms with Gasteiger partial charge < -0.3 is 15.2 Å². The van der Waals surface area contributed by atoms with Crippen molar-refractivity contribution < 1.29 is 23.9 Å². The third-order valence-electron chi connectivity index (χ3n) is 5.98. The molecule has 8 heteroatoms. The Labute approximate surface area is 203 Å². The highest BCUT2D eigenvalue weighted by atomic mass is 16.5. The molecule has 3 aromatic rings. The first kappa shape index (κ1) is 23.9. The molecule has 180 valence electrons. The minimum Gasteiger partial charge on any atom is -0.497 e. The second kappa shape index (κ2) is 9.97. The van der Waals surface area contributed by atoms with Crippen LogP contribution in [0.3, 0.4) is 0 Å². The normalized spacial score (nSPS) is 16.9. The number of para-hydroxylation sites is 1. The third-order valence-corrected chi connectivity index (χ3v) is 5.98. The van der Waals surface area contributed by atoms with E-state index in [1.807, 2.05) is 53.8 Å². The van der Waals surface area contributed by atoms with Crippen LogP contribution < -0.4 is 15.8 Å². The van der Waals surface area contributed by atoms with Crippen LogP contribution in [0.25, 0.3) is 22.6 Å². The summed E-state index contributed by atoms with van der Waals surface area (Å²) in [5.74, 6) is -0.401. The highest BCUT2D eigenvalue weighted by Gasteiger charge is 2.30. The molecule has 0 fully saturated rings. The molecule has 3 amide bonds. The number of hydrogen-bond donors (Lipinski definition) is 2. The van der Waals surface area contributed by atoms with E-state index in [4.69, 9.17) is 20.2 Å². The number of carbonyl (C=O) groups is 3. The van der Waals surface area contributed by atoms with Gasteiger partial charge in [0.15, 0.2) is 6.10 Å². The lowest BCUT2D eigenvalue weighted by Gasteiger charge is -2.27. The molecular weight excluding hydrogens is 446 g/mol. The van der Waals surface area contributed by atoms with Gasteiger partial charge in [0, 0.05) is 5.39 Å². The van der Waals surface area contributed by atoms with Crippen molar-refractivity contribution in [2.24, 2.45) is 11.7 Å². The molecule has 0 spiro atoms. The summed E-state index contributed by atoms with van der Waals surface area (Å²) in [4.78, 5) is 41.4. The van der Waals surface area contributed by atoms with E-state index >= 15 is 0 Å². The molecule has 35 heavy (non-hydrogen) atoms. The van der Waals surface area contributed by atoms with Crippen molar-refractivity contribution in [3.05, 3.63) is 70.9 Å². The Kier molecular flexibility index (Phi) is 6.82. The van der Waals surface area contributed by atoms with Crippen molar-refractivity contribution in [1.29, 1.82) is 0 Å². The molecule has 1 aliphatic rings. The van der Waals surface area contributed by atoms with E-state index in [1.165, 1.54) is 6.92 Å². The minimum atomic E-state index is -1.20. The van der Waals surface area contributed by atoms with E-state index in [1.54, 1.807) is 7.11 Å². The van der Waals surface area contributed by atoms with Crippen LogP contribution in [0.1, 0.15) is 47.4 Å². The monoisotopic (exact) mass is 473 g/mol. The lowest BCUT2D eigenvalue weighted by atomic mass is 9.80. The molecule has 1 aliphatic carbocycles. The van der Waals surface area contributed by atoms with E-state index in [9.17, 15) is 14.4 Å². The maximum Gasteiger partial charge on any atom is 0.339 e. The van der Waals surface area contributed by atoms with Gasteiger partial charge in [0.25, 0.3) is 5.91 Å². The van der Waals surface area contributed by atoms with Crippen LogP contribution in [0.5, 0.6) is 5.75 Å². The van der Waals surface area contributed by atoms with Gasteiger partial charge in [-0.05, 0) is 66.7 Å². The number of carbonyl (C=O) groups excluding carboxylic acids is 3. The number of methoxy groups -OCH3 is 1. The fourth-order valence-corrected chi connectivity index (χ4v) is 4.37. The van der Waals surface area contributed by atoms with Gasteiger partial charge in [-0.1, -0.05) is 37.3 Å². The summed E-state index contributed by atoms with van der Waals surface area (Å²) in [6.45, 7) is 3.52. The fourth-order valence-electron chi connectivity index (χ4n) is 4.37. The van der Waals surface area contributed by atoms with Crippen molar-refractivity contribution in [3.63, 3.8) is 0 Å². The number of hydrogen-bond acceptors (Lipinski definition) is 6. The fraction of sp³-hybridized carbons (Fsp3) is 0.259. The quantitative estimate of drug-likeness (QED) is 0.538. The second-order valence-corrected chi connectivity index (χ2v) is 8.69. The molecular formula is C27H27N3O5. The van der Waals surface area contributed by atoms with E-state index < -0.39 is 24.0 Å². The van der Waals surface area contributed by atoms with Crippen LogP contribution in [-0.4, -0.2) is 36.1 Å². The number of primary amides is 1. The Bertz CT molecular complexity index is 1330. The summed E-state index contributed by atoms with van der Waals surface area (Å²) in [7, 11) is 1.63. The molecule has 3 N–H and O–H groups in total. The van der Waals surface area contributed by atoms with Crippen molar-refractivity contribution in [2.75, 3.05) is 7.11 Å². The largest absolute Gasteiger partial charge is 0.497 e. The first-order chi connectivity index (χ1) is 16.8. The molecule has 1 aromatic heterocycles. The number of nitrogens with one attached hydrogen (secondary N) is 1. The highest BCUT2D eigenvalue weighted by Crippen LogP contribution is 2.39. The Morgan fingerprint density at radius 3 is 2.51 bits per heavy atom. The van der Waals surface area contributed by atoms with Crippen LogP contribution in [0.4, 0.5) is 4.79 Å². The van der Waals surface area contributed by atoms with Crippen molar-refractivity contribution in [2.45, 2.75) is 32.8 Å². The summed E-state index contributed by atoms with van der Waals surface area (Å²) in [6, 6.07) is 14.1. The van der Waals surface area contributed by atoms with Crippen molar-refractivity contribution in [3.8, 4) is 5.75 Å². The average Bonchev–Trinajstić information content (AvgIpc) is 2.82. The topological polar surface area (TPSA) is 121 Å². The zero-order chi connectivity index (χ0) is 25.1. The zero-order valence-corrected chi connectivity index (χ0v) is 19.8. The number of aromatic nitrogens is 1. The van der Waals surface area contributed by atoms with Crippen LogP contribution >= 0.6 is 0 Å². The molecule has 0 aliphatic heterocycles. The molecule has 0 saturated carbocycles. The number of urea groups is 1. The van der Waals surface area contributed by atoms with E-state index in [2.05, 4.69) is 13.0 Å². The third kappa shape index (κ3) is 5.16. The predicted molar refractivity (Wildman–Crippen MR) is 133 cm³/mol. The number of fused-ring (bicyclic) bond motifs is 2. The van der Waals surface area contributed by atoms with E-state index in [0.29, 0.717) is 22.9 Å². The van der Waals surface area contributed by atoms with Gasteiger partial charge in [-0.2, -0.15) is 0 Å². The smallest absolute Gasteiger partial charge is 0.339 e. The minimum absolute atomic E-state index is 0.261. The van der Waals surface area contributed by atoms with E-state index in [-0.39, 0.29) is 5.92 Å². The molecule has 2 unspecified atom stereocenters. The van der Waals surface area contributed by atoms with Gasteiger partial charge in [-0.25, -0.2) is 14.6 Å². The van der Waals surface area contributed by atoms with Crippen molar-refractivity contribution in [1.82, 2.24) is 10.3 Å². The molecule has 0 radical (unpaired) electrons. The molecule has 2 atom stereocenters. The lowest BCUT2D eigenvalue weighted by molar-refractivity contribution is -0.127. The first-order valence-corrected chi connectivity index (χ1v) is 11.3. The highest BCUT2D eigenvalue weighted by molar-refractivity contribution is 6.07. The van der Waals surface area contributed by atoms with Crippen LogP contribution in [0, 0.1) is 5.92 Å². The Morgan fingerprint density at radius 1 is 1.11 bits per heavy atom. The maximum absolute atomic E-state index is 13.4. The molecule has 0 bridgehead atoms. The number of nitrogens with zero attached hydrogens (tertiary/aromatic N) is 1. The van der Waals surface area contributed by atoms with Crippen LogP contribution in [0.2, 0.25) is 0 Å². The van der Waals surface area contributed by atoms with E-state index in [0.717, 1.165) is 34.6 Å². The van der Waals surface area contributed by atoms with Crippen LogP contribution in [-0.2, 0) is 16.0 Å². The molecule has 1 heterocycles. The predicted octanol–water partition coefficient (Wildman–Crippen LogP) is 4.11. The summed E-state index contributed by atoms with van der Waals surface area (Å²) in [5, 5.41) is 2.59. The summed E-state index contributed by atoms with van der Waals surface area (Å²) >= 11 is 0. The number of esters is 1. The van der Waals surface area contributed by atoms with Crippen molar-refractivity contribution >= 4 is 40.5 Å². The van der Waals surface area contributed by atoms with Gasteiger partial charge in [-0.3, -0.25) is 10.1 Å². The summed E-state index contributed by atoms with van der Waals surface area (Å²) < 4.78 is 10.7. The lowest BCUT2D eigenvalue weighted by Crippen LogP contribution is -2.42. The number of amides is 3. The number of pyridine rings is 1. The van der Waals surface area contributed by atoms with Gasteiger partial charge >= 0.3 is 12.0 Å². The number of nitrogens with two attached hydrogens (primary N) is 1. The Morgan fingerprint density at radius 2 is 1.83 bits per heavy atom. The SMILES string of the molecule is COc1ccc(C=C2CC(C)Cc3c2nc2ccccc2c3C(=O)OC(C)C(=O)NC(N)=O)cc1. The second-order valence-electron chi connectivity index (χ2n) is 8.69. The number of allylic oxidation sites excluding steroid dienone is 1. The number of imide groups is 1. The Hall–Kier alpha value is -4.20. The van der Waals surface area contributed by atoms with Crippen LogP contribution in [0.15, 0.2) is 48.5 Å². The molecule has 2 aromatic carbocycles. The van der Waals surface area contributed by atoms with Gasteiger partial charge in [0.2, 0.25) is 0 Å². The molecule has 0 saturated heterocycles. The molecule has 8 nitrogen and oxygen atoms in total. The standard InChI is InChI=1S/C27H27N3O5/c1-15-12-18(14-17-8-10-19(34-3)11-9-17)24-21(13-15)23(20-6-4-5-7-22(20)29-24)26(32)35-16(2)25(31)30-27(28)33/h4-11,14-16H,12-13H2,1-3H3,(H3,28,30,31,33). The zero-order valence-electron chi connectivity index (χ0n) is 19.8. The van der Waals surface area contributed by atoms with Gasteiger partial charge in [-0.15, -0.1) is 0 Å². The number of ether oxygens (including phenoxy) is 2. The molecule has 4 rings (SSSR count). The number of rotatable bonds is 5. The number of benzene rings is 2. The van der Waals surface area contributed by atoms with Gasteiger partial charge in [0.1, 0.15) is 5.75 Å². The maximum atomic E-state index is 13.4. The summed E-state index contributed by atoms with van der Waals surface area (Å²) in [5.41, 5.74) is 9.61. The summed E-state index contributed by atoms with van der Waals surface area (Å²) in [6.07, 6.45) is 2.32. The average molecular weight is 474 g/mol. The first-order valence-electron chi connectivity index (χ1n) is 11.3.